The Morgan fingerprint density at radius 1 is 0.328 bits per heavy atom. The average molecular weight is 749 g/mol. The van der Waals surface area contributed by atoms with Gasteiger partial charge in [-0.2, -0.15) is 0 Å². The van der Waals surface area contributed by atoms with Crippen LogP contribution >= 0.6 is 0 Å². The lowest BCUT2D eigenvalue weighted by atomic mass is 9.93. The van der Waals surface area contributed by atoms with Crippen LogP contribution in [0.1, 0.15) is 55.6 Å². The van der Waals surface area contributed by atoms with Crippen molar-refractivity contribution in [2.45, 2.75) is 0 Å². The van der Waals surface area contributed by atoms with E-state index < -0.39 is 0 Å². The van der Waals surface area contributed by atoms with E-state index in [1.807, 2.05) is 24.3 Å². The summed E-state index contributed by atoms with van der Waals surface area (Å²) < 4.78 is 10.9. The van der Waals surface area contributed by atoms with Crippen molar-refractivity contribution in [3.8, 4) is 11.5 Å². The van der Waals surface area contributed by atoms with Crippen molar-refractivity contribution in [3.63, 3.8) is 0 Å². The fourth-order valence-corrected chi connectivity index (χ4v) is 7.34. The standard InChI is InChI=1S/C56H44O2/c1-57-51-34-29-47(30-35-51)55(43-17-5-3-6-18-43)39-49-22-11-9-15-41(49)25-26-46-28-27-45-21-13-14-24-53(45)54(46)38-33-42-16-10-12-23-50(42)40-56(44-19-7-4-8-20-44)48-31-36-52(58-2)37-32-48/h3-40H,1-2H3/b26-25?,38-33?,55-39-,56-40-. The summed E-state index contributed by atoms with van der Waals surface area (Å²) in [6.45, 7) is 0. The molecule has 0 saturated carbocycles. The highest BCUT2D eigenvalue weighted by Gasteiger charge is 2.10. The zero-order valence-corrected chi connectivity index (χ0v) is 32.8. The molecule has 58 heavy (non-hydrogen) atoms. The van der Waals surface area contributed by atoms with Gasteiger partial charge in [0.15, 0.2) is 0 Å². The van der Waals surface area contributed by atoms with Crippen molar-refractivity contribution >= 4 is 58.4 Å². The molecule has 0 heterocycles. The van der Waals surface area contributed by atoms with Gasteiger partial charge in [-0.1, -0.05) is 194 Å². The van der Waals surface area contributed by atoms with Gasteiger partial charge in [-0.15, -0.1) is 0 Å². The van der Waals surface area contributed by atoms with Gasteiger partial charge in [0.1, 0.15) is 11.5 Å². The van der Waals surface area contributed by atoms with Crippen molar-refractivity contribution in [2.24, 2.45) is 0 Å². The van der Waals surface area contributed by atoms with E-state index in [2.05, 4.69) is 206 Å². The molecule has 280 valence electrons. The quantitative estimate of drug-likeness (QED) is 0.116. The first-order chi connectivity index (χ1) is 28.7. The minimum absolute atomic E-state index is 0.838. The third-order valence-corrected chi connectivity index (χ3v) is 10.4. The van der Waals surface area contributed by atoms with Crippen molar-refractivity contribution in [3.05, 3.63) is 250 Å². The Labute approximate surface area is 342 Å². The lowest BCUT2D eigenvalue weighted by Crippen LogP contribution is -1.91. The molecule has 0 saturated heterocycles. The maximum absolute atomic E-state index is 5.47. The van der Waals surface area contributed by atoms with E-state index in [-0.39, 0.29) is 0 Å². The summed E-state index contributed by atoms with van der Waals surface area (Å²) in [4.78, 5) is 0. The number of methoxy groups -OCH3 is 2. The van der Waals surface area contributed by atoms with Crippen LogP contribution in [-0.2, 0) is 0 Å². The molecule has 0 fully saturated rings. The lowest BCUT2D eigenvalue weighted by Gasteiger charge is -2.12. The number of fused-ring (bicyclic) bond motifs is 1. The Morgan fingerprint density at radius 2 is 0.724 bits per heavy atom. The van der Waals surface area contributed by atoms with Crippen LogP contribution in [0.4, 0.5) is 0 Å². The van der Waals surface area contributed by atoms with Crippen LogP contribution in [-0.4, -0.2) is 14.2 Å². The Bertz CT molecular complexity index is 2750. The van der Waals surface area contributed by atoms with Crippen LogP contribution in [0.5, 0.6) is 11.5 Å². The highest BCUT2D eigenvalue weighted by Crippen LogP contribution is 2.32. The van der Waals surface area contributed by atoms with Crippen molar-refractivity contribution in [1.82, 2.24) is 0 Å². The van der Waals surface area contributed by atoms with E-state index >= 15 is 0 Å². The minimum Gasteiger partial charge on any atom is -0.497 e. The van der Waals surface area contributed by atoms with Crippen molar-refractivity contribution in [1.29, 1.82) is 0 Å². The van der Waals surface area contributed by atoms with E-state index in [9.17, 15) is 0 Å². The van der Waals surface area contributed by atoms with Crippen molar-refractivity contribution in [2.75, 3.05) is 14.2 Å². The summed E-state index contributed by atoms with van der Waals surface area (Å²) in [5.74, 6) is 1.68. The van der Waals surface area contributed by atoms with Gasteiger partial charge in [0, 0.05) is 0 Å². The fourth-order valence-electron chi connectivity index (χ4n) is 7.34. The molecule has 0 N–H and O–H groups in total. The summed E-state index contributed by atoms with van der Waals surface area (Å²) >= 11 is 0. The molecular formula is C56H44O2. The second-order valence-corrected chi connectivity index (χ2v) is 14.0. The number of benzene rings is 8. The summed E-state index contributed by atoms with van der Waals surface area (Å²) in [7, 11) is 3.40. The molecule has 2 heteroatoms. The fraction of sp³-hybridized carbons (Fsp3) is 0.0357. The minimum atomic E-state index is 0.838. The van der Waals surface area contributed by atoms with Gasteiger partial charge in [-0.25, -0.2) is 0 Å². The predicted octanol–water partition coefficient (Wildman–Crippen LogP) is 14.4. The number of ether oxygens (including phenoxy) is 2. The van der Waals surface area contributed by atoms with Gasteiger partial charge in [0.2, 0.25) is 0 Å². The molecule has 8 rings (SSSR count). The normalized spacial score (nSPS) is 12.0. The summed E-state index contributed by atoms with van der Waals surface area (Å²) in [6.07, 6.45) is 13.6. The van der Waals surface area contributed by atoms with E-state index in [4.69, 9.17) is 9.47 Å². The smallest absolute Gasteiger partial charge is 0.118 e. The molecule has 0 radical (unpaired) electrons. The average Bonchev–Trinajstić information content (AvgIpc) is 3.30. The molecule has 0 unspecified atom stereocenters. The van der Waals surface area contributed by atoms with Gasteiger partial charge >= 0.3 is 0 Å². The van der Waals surface area contributed by atoms with Gasteiger partial charge in [-0.05, 0) is 114 Å². The molecule has 2 nitrogen and oxygen atoms in total. The summed E-state index contributed by atoms with van der Waals surface area (Å²) in [6, 6.07) is 67.9. The SMILES string of the molecule is COc1ccc(/C(=C\c2ccccc2C=Cc2ccc3ccccc3c2C=Cc2ccccc2/C=C(/c2ccccc2)c2ccc(OC)cc2)c2ccccc2)cc1. The third-order valence-electron chi connectivity index (χ3n) is 10.4. The van der Waals surface area contributed by atoms with Crippen LogP contribution in [0.15, 0.2) is 194 Å². The van der Waals surface area contributed by atoms with Crippen LogP contribution in [0, 0.1) is 0 Å². The summed E-state index contributed by atoms with van der Waals surface area (Å²) in [5, 5.41) is 2.41. The molecular weight excluding hydrogens is 705 g/mol. The Hall–Kier alpha value is -7.42. The first kappa shape index (κ1) is 37.5. The van der Waals surface area contributed by atoms with E-state index in [1.54, 1.807) is 14.2 Å². The highest BCUT2D eigenvalue weighted by atomic mass is 16.5. The Kier molecular flexibility index (Phi) is 11.7. The molecule has 0 bridgehead atoms. The maximum atomic E-state index is 5.47. The number of hydrogen-bond donors (Lipinski definition) is 0. The van der Waals surface area contributed by atoms with Crippen LogP contribution in [0.3, 0.4) is 0 Å². The predicted molar refractivity (Wildman–Crippen MR) is 248 cm³/mol. The van der Waals surface area contributed by atoms with E-state index in [1.165, 1.54) is 16.3 Å². The Morgan fingerprint density at radius 3 is 1.22 bits per heavy atom. The van der Waals surface area contributed by atoms with Crippen molar-refractivity contribution < 1.29 is 9.47 Å². The van der Waals surface area contributed by atoms with Crippen LogP contribution in [0.25, 0.3) is 58.4 Å². The van der Waals surface area contributed by atoms with Crippen LogP contribution in [0.2, 0.25) is 0 Å². The third kappa shape index (κ3) is 8.68. The molecule has 0 spiro atoms. The molecule has 0 amide bonds. The van der Waals surface area contributed by atoms with Gasteiger partial charge in [-0.3, -0.25) is 0 Å². The van der Waals surface area contributed by atoms with Gasteiger partial charge < -0.3 is 9.47 Å². The maximum Gasteiger partial charge on any atom is 0.118 e. The molecule has 0 aliphatic heterocycles. The zero-order valence-electron chi connectivity index (χ0n) is 32.8. The second kappa shape index (κ2) is 18.0. The molecule has 0 aromatic heterocycles. The number of rotatable bonds is 12. The van der Waals surface area contributed by atoms with Gasteiger partial charge in [0.25, 0.3) is 0 Å². The monoisotopic (exact) mass is 748 g/mol. The molecule has 0 atom stereocenters. The van der Waals surface area contributed by atoms with E-state index in [0.717, 1.165) is 72.7 Å². The largest absolute Gasteiger partial charge is 0.497 e. The number of hydrogen-bond acceptors (Lipinski definition) is 2. The highest BCUT2D eigenvalue weighted by molar-refractivity contribution is 5.99. The topological polar surface area (TPSA) is 18.5 Å². The molecule has 0 aliphatic carbocycles. The Balaban J connectivity index is 1.19. The molecule has 0 aliphatic rings. The molecule has 8 aromatic rings. The van der Waals surface area contributed by atoms with Crippen LogP contribution < -0.4 is 9.47 Å². The summed E-state index contributed by atoms with van der Waals surface area (Å²) in [5.41, 5.74) is 13.7. The first-order valence-electron chi connectivity index (χ1n) is 19.6. The molecule has 8 aromatic carbocycles. The van der Waals surface area contributed by atoms with E-state index in [0.29, 0.717) is 0 Å². The second-order valence-electron chi connectivity index (χ2n) is 14.0. The zero-order chi connectivity index (χ0) is 39.5. The van der Waals surface area contributed by atoms with Gasteiger partial charge in [0.05, 0.1) is 14.2 Å². The first-order valence-corrected chi connectivity index (χ1v) is 19.6. The lowest BCUT2D eigenvalue weighted by molar-refractivity contribution is 0.414.